The van der Waals surface area contributed by atoms with Crippen LogP contribution in [0, 0.1) is 10.1 Å². The molecule has 0 spiro atoms. The molecule has 0 aliphatic carbocycles. The number of nitro groups is 1. The van der Waals surface area contributed by atoms with Crippen LogP contribution in [0.5, 0.6) is 0 Å². The molecule has 1 N–H and O–H groups in total. The van der Waals surface area contributed by atoms with E-state index in [1.54, 1.807) is 0 Å². The first-order valence-electron chi connectivity index (χ1n) is 6.36. The Kier molecular flexibility index (Phi) is 4.46. The van der Waals surface area contributed by atoms with E-state index < -0.39 is 10.9 Å². The maximum absolute atomic E-state index is 10.8. The van der Waals surface area contributed by atoms with Gasteiger partial charge in [-0.15, -0.1) is 0 Å². The van der Waals surface area contributed by atoms with E-state index >= 15 is 0 Å². The van der Waals surface area contributed by atoms with Gasteiger partial charge in [0.15, 0.2) is 0 Å². The molecular formula is C12H16N4O4. The lowest BCUT2D eigenvalue weighted by Crippen LogP contribution is -2.34. The number of hydrogen-bond acceptors (Lipinski definition) is 6. The lowest BCUT2D eigenvalue weighted by molar-refractivity contribution is -0.384. The van der Waals surface area contributed by atoms with Crippen molar-refractivity contribution in [2.45, 2.75) is 6.42 Å². The molecule has 2 rings (SSSR count). The van der Waals surface area contributed by atoms with Gasteiger partial charge in [-0.3, -0.25) is 19.8 Å². The molecule has 0 amide bonds. The van der Waals surface area contributed by atoms with Crippen LogP contribution in [0.4, 0.5) is 11.5 Å². The molecule has 0 unspecified atom stereocenters. The van der Waals surface area contributed by atoms with Gasteiger partial charge in [-0.1, -0.05) is 0 Å². The number of anilines is 1. The first-order chi connectivity index (χ1) is 9.56. The SMILES string of the molecule is O=C(O)CN1CCCN(c2cc([N+](=O)[O-])ccn2)CC1. The average Bonchev–Trinajstić information content (AvgIpc) is 2.64. The summed E-state index contributed by atoms with van der Waals surface area (Å²) in [4.78, 5) is 29.0. The zero-order valence-electron chi connectivity index (χ0n) is 10.9. The third kappa shape index (κ3) is 3.64. The molecule has 108 valence electrons. The minimum Gasteiger partial charge on any atom is -0.480 e. The number of pyridine rings is 1. The predicted octanol–water partition coefficient (Wildman–Crippen LogP) is 0.587. The molecule has 1 aromatic rings. The molecule has 8 nitrogen and oxygen atoms in total. The van der Waals surface area contributed by atoms with Gasteiger partial charge < -0.3 is 10.0 Å². The molecule has 1 aliphatic heterocycles. The van der Waals surface area contributed by atoms with Gasteiger partial charge in [-0.2, -0.15) is 0 Å². The molecule has 0 saturated carbocycles. The van der Waals surface area contributed by atoms with E-state index in [4.69, 9.17) is 5.11 Å². The van der Waals surface area contributed by atoms with Crippen molar-refractivity contribution in [3.05, 3.63) is 28.4 Å². The molecule has 0 aromatic carbocycles. The molecule has 2 heterocycles. The van der Waals surface area contributed by atoms with Crippen LogP contribution in [-0.4, -0.2) is 58.6 Å². The summed E-state index contributed by atoms with van der Waals surface area (Å²) in [6.07, 6.45) is 2.23. The Labute approximate surface area is 115 Å². The van der Waals surface area contributed by atoms with Gasteiger partial charge in [0.05, 0.1) is 17.5 Å². The van der Waals surface area contributed by atoms with E-state index in [9.17, 15) is 14.9 Å². The van der Waals surface area contributed by atoms with Crippen molar-refractivity contribution < 1.29 is 14.8 Å². The van der Waals surface area contributed by atoms with Crippen LogP contribution in [0.1, 0.15) is 6.42 Å². The molecule has 8 heteroatoms. The quantitative estimate of drug-likeness (QED) is 0.636. The summed E-state index contributed by atoms with van der Waals surface area (Å²) in [6, 6.07) is 2.81. The van der Waals surface area contributed by atoms with E-state index in [-0.39, 0.29) is 12.2 Å². The number of carboxylic acid groups (broad SMARTS) is 1. The van der Waals surface area contributed by atoms with Gasteiger partial charge in [0.1, 0.15) is 5.82 Å². The predicted molar refractivity (Wildman–Crippen MR) is 71.8 cm³/mol. The fourth-order valence-electron chi connectivity index (χ4n) is 2.24. The number of nitrogens with zero attached hydrogens (tertiary/aromatic N) is 4. The van der Waals surface area contributed by atoms with Crippen molar-refractivity contribution in [3.63, 3.8) is 0 Å². The molecule has 1 aromatic heterocycles. The fourth-order valence-corrected chi connectivity index (χ4v) is 2.24. The third-order valence-corrected chi connectivity index (χ3v) is 3.21. The van der Waals surface area contributed by atoms with Crippen molar-refractivity contribution >= 4 is 17.5 Å². The Bertz CT molecular complexity index is 508. The Hall–Kier alpha value is -2.22. The van der Waals surface area contributed by atoms with Gasteiger partial charge in [-0.05, 0) is 6.42 Å². The van der Waals surface area contributed by atoms with Crippen LogP contribution in [0.15, 0.2) is 18.3 Å². The number of aromatic nitrogens is 1. The largest absolute Gasteiger partial charge is 0.480 e. The van der Waals surface area contributed by atoms with Crippen LogP contribution in [0.3, 0.4) is 0 Å². The number of hydrogen-bond donors (Lipinski definition) is 1. The van der Waals surface area contributed by atoms with Crippen molar-refractivity contribution in [1.82, 2.24) is 9.88 Å². The minimum absolute atomic E-state index is 0.0154. The summed E-state index contributed by atoms with van der Waals surface area (Å²) in [5.74, 6) is -0.275. The fraction of sp³-hybridized carbons (Fsp3) is 0.500. The Morgan fingerprint density at radius 2 is 2.20 bits per heavy atom. The molecule has 0 atom stereocenters. The lowest BCUT2D eigenvalue weighted by atomic mass is 10.3. The van der Waals surface area contributed by atoms with Crippen molar-refractivity contribution in [3.8, 4) is 0 Å². The molecule has 0 radical (unpaired) electrons. The second-order valence-electron chi connectivity index (χ2n) is 4.64. The number of carboxylic acids is 1. The highest BCUT2D eigenvalue weighted by atomic mass is 16.6. The summed E-state index contributed by atoms with van der Waals surface area (Å²) in [5.41, 5.74) is 0.0154. The highest BCUT2D eigenvalue weighted by Gasteiger charge is 2.19. The van der Waals surface area contributed by atoms with Crippen molar-refractivity contribution in [1.29, 1.82) is 0 Å². The van der Waals surface area contributed by atoms with Crippen LogP contribution in [-0.2, 0) is 4.79 Å². The van der Waals surface area contributed by atoms with E-state index in [0.717, 1.165) is 6.42 Å². The maximum atomic E-state index is 10.8. The Morgan fingerprint density at radius 3 is 2.90 bits per heavy atom. The third-order valence-electron chi connectivity index (χ3n) is 3.21. The Balaban J connectivity index is 2.04. The molecular weight excluding hydrogens is 264 g/mol. The van der Waals surface area contributed by atoms with Crippen LogP contribution in [0.25, 0.3) is 0 Å². The molecule has 0 bridgehead atoms. The standard InChI is InChI=1S/C12H16N4O4/c17-12(18)9-14-4-1-5-15(7-6-14)11-8-10(16(19)20)2-3-13-11/h2-3,8H,1,4-7,9H2,(H,17,18). The maximum Gasteiger partial charge on any atom is 0.317 e. The van der Waals surface area contributed by atoms with Gasteiger partial charge in [0.2, 0.25) is 0 Å². The van der Waals surface area contributed by atoms with Crippen molar-refractivity contribution in [2.24, 2.45) is 0 Å². The first-order valence-corrected chi connectivity index (χ1v) is 6.36. The van der Waals surface area contributed by atoms with Gasteiger partial charge >= 0.3 is 5.97 Å². The zero-order chi connectivity index (χ0) is 14.5. The van der Waals surface area contributed by atoms with Crippen molar-refractivity contribution in [2.75, 3.05) is 37.6 Å². The summed E-state index contributed by atoms with van der Waals surface area (Å²) >= 11 is 0. The normalized spacial score (nSPS) is 16.7. The lowest BCUT2D eigenvalue weighted by Gasteiger charge is -2.21. The second kappa shape index (κ2) is 6.29. The highest BCUT2D eigenvalue weighted by molar-refractivity contribution is 5.69. The monoisotopic (exact) mass is 280 g/mol. The van der Waals surface area contributed by atoms with E-state index in [1.807, 2.05) is 9.80 Å². The zero-order valence-corrected chi connectivity index (χ0v) is 10.9. The van der Waals surface area contributed by atoms with Crippen LogP contribution < -0.4 is 4.90 Å². The first kappa shape index (κ1) is 14.2. The molecule has 1 saturated heterocycles. The second-order valence-corrected chi connectivity index (χ2v) is 4.64. The van der Waals surface area contributed by atoms with E-state index in [0.29, 0.717) is 32.0 Å². The number of carbonyl (C=O) groups is 1. The number of aliphatic carboxylic acids is 1. The van der Waals surface area contributed by atoms with Gasteiger partial charge in [-0.25, -0.2) is 4.98 Å². The highest BCUT2D eigenvalue weighted by Crippen LogP contribution is 2.19. The summed E-state index contributed by atoms with van der Waals surface area (Å²) in [7, 11) is 0. The van der Waals surface area contributed by atoms with E-state index in [1.165, 1.54) is 18.3 Å². The molecule has 20 heavy (non-hydrogen) atoms. The smallest absolute Gasteiger partial charge is 0.317 e. The van der Waals surface area contributed by atoms with Gasteiger partial charge in [0.25, 0.3) is 5.69 Å². The summed E-state index contributed by atoms with van der Waals surface area (Å²) < 4.78 is 0. The minimum atomic E-state index is -0.841. The number of rotatable bonds is 4. The Morgan fingerprint density at radius 1 is 1.40 bits per heavy atom. The summed E-state index contributed by atoms with van der Waals surface area (Å²) in [6.45, 7) is 2.66. The molecule has 1 fully saturated rings. The van der Waals surface area contributed by atoms with Crippen LogP contribution in [0.2, 0.25) is 0 Å². The average molecular weight is 280 g/mol. The van der Waals surface area contributed by atoms with Crippen LogP contribution >= 0.6 is 0 Å². The van der Waals surface area contributed by atoms with E-state index in [2.05, 4.69) is 4.98 Å². The topological polar surface area (TPSA) is 99.8 Å². The summed E-state index contributed by atoms with van der Waals surface area (Å²) in [5, 5.41) is 19.6. The van der Waals surface area contributed by atoms with Gasteiger partial charge in [0, 0.05) is 38.4 Å². The molecule has 1 aliphatic rings.